The maximum absolute atomic E-state index is 13.0. The number of benzene rings is 2. The summed E-state index contributed by atoms with van der Waals surface area (Å²) in [6, 6.07) is 13.3. The molecule has 1 N–H and O–H groups in total. The molecule has 136 valence electrons. The number of amides is 2. The van der Waals surface area contributed by atoms with E-state index in [4.69, 9.17) is 4.74 Å². The van der Waals surface area contributed by atoms with E-state index in [-0.39, 0.29) is 30.2 Å². The molecule has 2 amide bonds. The average molecular weight is 356 g/mol. The maximum atomic E-state index is 13.0. The van der Waals surface area contributed by atoms with Gasteiger partial charge >= 0.3 is 0 Å². The van der Waals surface area contributed by atoms with Crippen LogP contribution in [0, 0.1) is 18.7 Å². The second-order valence-electron chi connectivity index (χ2n) is 6.46. The number of halogens is 1. The Bertz CT molecular complexity index is 792. The molecule has 2 aromatic rings. The maximum Gasteiger partial charge on any atom is 0.257 e. The van der Waals surface area contributed by atoms with Gasteiger partial charge in [-0.25, -0.2) is 4.39 Å². The number of carbonyl (C=O) groups is 2. The van der Waals surface area contributed by atoms with Crippen LogP contribution in [0.5, 0.6) is 5.75 Å². The van der Waals surface area contributed by atoms with Crippen LogP contribution in [-0.2, 0) is 9.59 Å². The normalized spacial score (nSPS) is 16.6. The highest BCUT2D eigenvalue weighted by molar-refractivity contribution is 5.95. The third-order valence-corrected chi connectivity index (χ3v) is 4.29. The van der Waals surface area contributed by atoms with Crippen LogP contribution < -0.4 is 15.0 Å². The Morgan fingerprint density at radius 2 is 2.04 bits per heavy atom. The molecule has 5 nitrogen and oxygen atoms in total. The molecule has 1 saturated heterocycles. The molecule has 0 saturated carbocycles. The predicted molar refractivity (Wildman–Crippen MR) is 96.5 cm³/mol. The lowest BCUT2D eigenvalue weighted by Gasteiger charge is -2.17. The smallest absolute Gasteiger partial charge is 0.257 e. The van der Waals surface area contributed by atoms with Crippen LogP contribution in [0.25, 0.3) is 0 Å². The standard InChI is InChI=1S/C20H21FN2O3/c1-14-3-2-4-18(9-14)26-13-19(24)22-11-15-10-20(25)23(12-15)17-7-5-16(21)6-8-17/h2-9,15H,10-13H2,1H3,(H,22,24). The van der Waals surface area contributed by atoms with Gasteiger partial charge in [0.1, 0.15) is 11.6 Å². The van der Waals surface area contributed by atoms with Crippen molar-refractivity contribution >= 4 is 17.5 Å². The highest BCUT2D eigenvalue weighted by Gasteiger charge is 2.30. The monoisotopic (exact) mass is 356 g/mol. The van der Waals surface area contributed by atoms with E-state index in [1.54, 1.807) is 23.1 Å². The van der Waals surface area contributed by atoms with Gasteiger partial charge in [0.25, 0.3) is 5.91 Å². The average Bonchev–Trinajstić information content (AvgIpc) is 3.00. The molecule has 0 aromatic heterocycles. The summed E-state index contributed by atoms with van der Waals surface area (Å²) in [7, 11) is 0. The number of carbonyl (C=O) groups excluding carboxylic acids is 2. The molecule has 0 bridgehead atoms. The summed E-state index contributed by atoms with van der Waals surface area (Å²) in [4.78, 5) is 25.7. The quantitative estimate of drug-likeness (QED) is 0.866. The minimum absolute atomic E-state index is 0.0214. The Labute approximate surface area is 151 Å². The summed E-state index contributed by atoms with van der Waals surface area (Å²) >= 11 is 0. The number of ether oxygens (including phenoxy) is 1. The van der Waals surface area contributed by atoms with E-state index in [9.17, 15) is 14.0 Å². The highest BCUT2D eigenvalue weighted by Crippen LogP contribution is 2.24. The molecule has 1 aliphatic heterocycles. The Kier molecular flexibility index (Phi) is 5.51. The first kappa shape index (κ1) is 17.9. The molecule has 3 rings (SSSR count). The number of anilines is 1. The third kappa shape index (κ3) is 4.59. The molecule has 1 atom stereocenters. The first-order chi connectivity index (χ1) is 12.5. The SMILES string of the molecule is Cc1cccc(OCC(=O)NCC2CC(=O)N(c3ccc(F)cc3)C2)c1. The van der Waals surface area contributed by atoms with Gasteiger partial charge in [-0.1, -0.05) is 12.1 Å². The van der Waals surface area contributed by atoms with E-state index < -0.39 is 0 Å². The summed E-state index contributed by atoms with van der Waals surface area (Å²) in [5.41, 5.74) is 1.74. The van der Waals surface area contributed by atoms with Crippen molar-refractivity contribution in [2.24, 2.45) is 5.92 Å². The molecule has 2 aromatic carbocycles. The minimum Gasteiger partial charge on any atom is -0.484 e. The first-order valence-electron chi connectivity index (χ1n) is 8.53. The zero-order valence-corrected chi connectivity index (χ0v) is 14.6. The zero-order chi connectivity index (χ0) is 18.5. The van der Waals surface area contributed by atoms with Crippen molar-refractivity contribution in [3.05, 3.63) is 59.9 Å². The molecule has 6 heteroatoms. The fourth-order valence-corrected chi connectivity index (χ4v) is 2.95. The fraction of sp³-hybridized carbons (Fsp3) is 0.300. The molecule has 1 unspecified atom stereocenters. The summed E-state index contributed by atoms with van der Waals surface area (Å²) in [6.45, 7) is 2.80. The van der Waals surface area contributed by atoms with Gasteiger partial charge < -0.3 is 15.0 Å². The third-order valence-electron chi connectivity index (χ3n) is 4.29. The largest absolute Gasteiger partial charge is 0.484 e. The number of hydrogen-bond acceptors (Lipinski definition) is 3. The second-order valence-corrected chi connectivity index (χ2v) is 6.46. The van der Waals surface area contributed by atoms with Crippen LogP contribution in [-0.4, -0.2) is 31.5 Å². The Balaban J connectivity index is 1.45. The van der Waals surface area contributed by atoms with Crippen molar-refractivity contribution in [2.45, 2.75) is 13.3 Å². The number of nitrogens with one attached hydrogen (secondary N) is 1. The van der Waals surface area contributed by atoms with Gasteiger partial charge in [-0.3, -0.25) is 9.59 Å². The molecule has 1 aliphatic rings. The summed E-state index contributed by atoms with van der Waals surface area (Å²) in [6.07, 6.45) is 0.358. The zero-order valence-electron chi connectivity index (χ0n) is 14.6. The minimum atomic E-state index is -0.335. The van der Waals surface area contributed by atoms with E-state index in [1.807, 2.05) is 25.1 Å². The van der Waals surface area contributed by atoms with Crippen molar-refractivity contribution in [2.75, 3.05) is 24.6 Å². The summed E-state index contributed by atoms with van der Waals surface area (Å²) in [5.74, 6) is 0.0954. The lowest BCUT2D eigenvalue weighted by Crippen LogP contribution is -2.34. The van der Waals surface area contributed by atoms with Gasteiger partial charge in [0.15, 0.2) is 6.61 Å². The number of aryl methyl sites for hydroxylation is 1. The van der Waals surface area contributed by atoms with Gasteiger partial charge in [-0.15, -0.1) is 0 Å². The Morgan fingerprint density at radius 3 is 2.77 bits per heavy atom. The van der Waals surface area contributed by atoms with Crippen LogP contribution >= 0.6 is 0 Å². The molecular formula is C20H21FN2O3. The van der Waals surface area contributed by atoms with Gasteiger partial charge in [0.2, 0.25) is 5.91 Å². The Morgan fingerprint density at radius 1 is 1.27 bits per heavy atom. The Hall–Kier alpha value is -2.89. The molecular weight excluding hydrogens is 335 g/mol. The van der Waals surface area contributed by atoms with Crippen LogP contribution in [0.3, 0.4) is 0 Å². The molecule has 1 heterocycles. The second kappa shape index (κ2) is 7.99. The van der Waals surface area contributed by atoms with E-state index in [0.29, 0.717) is 30.9 Å². The topological polar surface area (TPSA) is 58.6 Å². The van der Waals surface area contributed by atoms with Crippen LogP contribution in [0.4, 0.5) is 10.1 Å². The lowest BCUT2D eigenvalue weighted by molar-refractivity contribution is -0.123. The van der Waals surface area contributed by atoms with Crippen molar-refractivity contribution in [1.82, 2.24) is 5.32 Å². The molecule has 26 heavy (non-hydrogen) atoms. The summed E-state index contributed by atoms with van der Waals surface area (Å²) < 4.78 is 18.5. The molecule has 0 radical (unpaired) electrons. The predicted octanol–water partition coefficient (Wildman–Crippen LogP) is 2.68. The van der Waals surface area contributed by atoms with Crippen molar-refractivity contribution in [3.8, 4) is 5.75 Å². The van der Waals surface area contributed by atoms with Crippen molar-refractivity contribution < 1.29 is 18.7 Å². The molecule has 1 fully saturated rings. The van der Waals surface area contributed by atoms with E-state index in [1.165, 1.54) is 12.1 Å². The first-order valence-corrected chi connectivity index (χ1v) is 8.53. The number of nitrogens with zero attached hydrogens (tertiary/aromatic N) is 1. The van der Waals surface area contributed by atoms with Crippen molar-refractivity contribution in [1.29, 1.82) is 0 Å². The van der Waals surface area contributed by atoms with Crippen LogP contribution in [0.2, 0.25) is 0 Å². The van der Waals surface area contributed by atoms with E-state index >= 15 is 0 Å². The van der Waals surface area contributed by atoms with Gasteiger partial charge in [0, 0.05) is 31.1 Å². The van der Waals surface area contributed by atoms with Crippen LogP contribution in [0.15, 0.2) is 48.5 Å². The number of hydrogen-bond donors (Lipinski definition) is 1. The van der Waals surface area contributed by atoms with Crippen molar-refractivity contribution in [3.63, 3.8) is 0 Å². The summed E-state index contributed by atoms with van der Waals surface area (Å²) in [5, 5.41) is 2.81. The van der Waals surface area contributed by atoms with Gasteiger partial charge in [-0.2, -0.15) is 0 Å². The van der Waals surface area contributed by atoms with Crippen LogP contribution in [0.1, 0.15) is 12.0 Å². The highest BCUT2D eigenvalue weighted by atomic mass is 19.1. The van der Waals surface area contributed by atoms with E-state index in [0.717, 1.165) is 5.56 Å². The van der Waals surface area contributed by atoms with E-state index in [2.05, 4.69) is 5.32 Å². The van der Waals surface area contributed by atoms with Gasteiger partial charge in [-0.05, 0) is 48.9 Å². The fourth-order valence-electron chi connectivity index (χ4n) is 2.95. The lowest BCUT2D eigenvalue weighted by atomic mass is 10.1. The molecule has 0 aliphatic carbocycles. The van der Waals surface area contributed by atoms with Gasteiger partial charge in [0.05, 0.1) is 0 Å². The number of rotatable bonds is 6. The molecule has 0 spiro atoms.